The van der Waals surface area contributed by atoms with Crippen molar-refractivity contribution in [3.05, 3.63) is 54.1 Å². The van der Waals surface area contributed by atoms with E-state index in [1.165, 1.54) is 40.1 Å². The van der Waals surface area contributed by atoms with Crippen LogP contribution < -0.4 is 21.0 Å². The predicted molar refractivity (Wildman–Crippen MR) is 125 cm³/mol. The van der Waals surface area contributed by atoms with Crippen LogP contribution in [-0.2, 0) is 21.0 Å². The number of benzene rings is 2. The van der Waals surface area contributed by atoms with E-state index in [1.54, 1.807) is 11.0 Å². The molecular weight excluding hydrogens is 503 g/mol. The van der Waals surface area contributed by atoms with Crippen LogP contribution in [0.2, 0.25) is 0 Å². The number of piperazine rings is 1. The molecule has 10 nitrogen and oxygen atoms in total. The van der Waals surface area contributed by atoms with Crippen molar-refractivity contribution in [1.82, 2.24) is 15.1 Å². The number of nitrogens with zero attached hydrogens (tertiary/aromatic N) is 2. The van der Waals surface area contributed by atoms with Crippen molar-refractivity contribution in [2.45, 2.75) is 23.9 Å². The molecule has 1 fully saturated rings. The molecular formula is C22H26F3N5O5S. The van der Waals surface area contributed by atoms with Crippen molar-refractivity contribution in [2.24, 2.45) is 0 Å². The van der Waals surface area contributed by atoms with Crippen molar-refractivity contribution >= 4 is 33.3 Å². The summed E-state index contributed by atoms with van der Waals surface area (Å²) in [7, 11) is -3.83. The third-order valence-corrected chi connectivity index (χ3v) is 7.43. The van der Waals surface area contributed by atoms with Gasteiger partial charge in [-0.2, -0.15) is 17.5 Å². The number of hydrogen-bond acceptors (Lipinski definition) is 6. The van der Waals surface area contributed by atoms with Crippen LogP contribution in [0.5, 0.6) is 0 Å². The number of rotatable bonds is 8. The molecule has 1 heterocycles. The first-order valence-corrected chi connectivity index (χ1v) is 12.4. The quantitative estimate of drug-likeness (QED) is 0.236. The number of anilines is 2. The van der Waals surface area contributed by atoms with E-state index in [-0.39, 0.29) is 44.0 Å². The van der Waals surface area contributed by atoms with Crippen molar-refractivity contribution in [3.8, 4) is 0 Å². The number of sulfonamides is 1. The van der Waals surface area contributed by atoms with Gasteiger partial charge in [-0.25, -0.2) is 18.7 Å². The summed E-state index contributed by atoms with van der Waals surface area (Å²) < 4.78 is 66.3. The van der Waals surface area contributed by atoms with Gasteiger partial charge in [0.15, 0.2) is 0 Å². The normalized spacial score (nSPS) is 14.8. The van der Waals surface area contributed by atoms with Crippen molar-refractivity contribution in [3.63, 3.8) is 0 Å². The van der Waals surface area contributed by atoms with Gasteiger partial charge in [-0.05, 0) is 48.9 Å². The van der Waals surface area contributed by atoms with E-state index in [1.807, 2.05) is 0 Å². The predicted octanol–water partition coefficient (Wildman–Crippen LogP) is 2.62. The summed E-state index contributed by atoms with van der Waals surface area (Å²) in [6.07, 6.45) is -4.10. The SMILES string of the molecule is O=C(CCCNC(=O)Nc1ccc(S(=O)(=O)N2CCN(c3cccc(C(F)(F)F)c3)CC2)cc1)NO. The third kappa shape index (κ3) is 7.08. The minimum atomic E-state index is -4.46. The molecule has 3 rings (SSSR count). The summed E-state index contributed by atoms with van der Waals surface area (Å²) in [5, 5.41) is 13.5. The lowest BCUT2D eigenvalue weighted by Crippen LogP contribution is -2.48. The minimum Gasteiger partial charge on any atom is -0.369 e. The average molecular weight is 530 g/mol. The molecule has 0 unspecified atom stereocenters. The fourth-order valence-electron chi connectivity index (χ4n) is 3.61. The Hall–Kier alpha value is -3.36. The Morgan fingerprint density at radius 3 is 2.28 bits per heavy atom. The molecule has 14 heteroatoms. The molecule has 1 aliphatic rings. The Morgan fingerprint density at radius 1 is 1.00 bits per heavy atom. The molecule has 0 radical (unpaired) electrons. The standard InChI is InChI=1S/C22H26F3N5O5S/c23-22(24,25)16-3-1-4-18(15-16)29-11-13-30(14-12-29)36(34,35)19-8-6-17(7-9-19)27-21(32)26-10-2-5-20(31)28-33/h1,3-4,6-9,15,33H,2,5,10-14H2,(H,28,31)(H2,26,27,32). The van der Waals surface area contributed by atoms with Gasteiger partial charge in [0.05, 0.1) is 10.5 Å². The number of halogens is 3. The summed E-state index contributed by atoms with van der Waals surface area (Å²) in [4.78, 5) is 24.6. The lowest BCUT2D eigenvalue weighted by atomic mass is 10.1. The van der Waals surface area contributed by atoms with Crippen LogP contribution in [-0.4, -0.2) is 62.6 Å². The van der Waals surface area contributed by atoms with Gasteiger partial charge in [-0.15, -0.1) is 0 Å². The molecule has 3 amide bonds. The van der Waals surface area contributed by atoms with Crippen molar-refractivity contribution in [2.75, 3.05) is 42.9 Å². The minimum absolute atomic E-state index is 0.0241. The molecule has 0 aliphatic carbocycles. The Kier molecular flexibility index (Phi) is 8.76. The van der Waals surface area contributed by atoms with Crippen LogP contribution in [0.3, 0.4) is 0 Å². The highest BCUT2D eigenvalue weighted by Gasteiger charge is 2.32. The Morgan fingerprint density at radius 2 is 1.67 bits per heavy atom. The fraction of sp³-hybridized carbons (Fsp3) is 0.364. The van der Waals surface area contributed by atoms with Gasteiger partial charge < -0.3 is 15.5 Å². The van der Waals surface area contributed by atoms with Crippen LogP contribution in [0.4, 0.5) is 29.3 Å². The van der Waals surface area contributed by atoms with Crippen LogP contribution in [0.1, 0.15) is 18.4 Å². The number of hydrogen-bond donors (Lipinski definition) is 4. The van der Waals surface area contributed by atoms with E-state index in [9.17, 15) is 31.2 Å². The molecule has 0 bridgehead atoms. The van der Waals surface area contributed by atoms with E-state index in [0.29, 0.717) is 17.8 Å². The zero-order valence-electron chi connectivity index (χ0n) is 19.1. The molecule has 1 saturated heterocycles. The van der Waals surface area contributed by atoms with Gasteiger partial charge in [0.2, 0.25) is 15.9 Å². The van der Waals surface area contributed by atoms with Gasteiger partial charge in [0.25, 0.3) is 0 Å². The van der Waals surface area contributed by atoms with Crippen LogP contribution in [0, 0.1) is 0 Å². The van der Waals surface area contributed by atoms with Gasteiger partial charge in [0.1, 0.15) is 0 Å². The maximum atomic E-state index is 13.0. The molecule has 0 aromatic heterocycles. The van der Waals surface area contributed by atoms with Crippen molar-refractivity contribution < 1.29 is 36.4 Å². The summed E-state index contributed by atoms with van der Waals surface area (Å²) in [5.41, 5.74) is 1.47. The van der Waals surface area contributed by atoms with E-state index in [2.05, 4.69) is 10.6 Å². The van der Waals surface area contributed by atoms with Crippen LogP contribution in [0.25, 0.3) is 0 Å². The van der Waals surface area contributed by atoms with E-state index in [0.717, 1.165) is 12.1 Å². The molecule has 4 N–H and O–H groups in total. The second-order valence-corrected chi connectivity index (χ2v) is 9.92. The first-order chi connectivity index (χ1) is 17.0. The highest BCUT2D eigenvalue weighted by molar-refractivity contribution is 7.89. The first-order valence-electron chi connectivity index (χ1n) is 11.0. The zero-order chi connectivity index (χ0) is 26.3. The number of carbonyl (C=O) groups is 2. The molecule has 1 aliphatic heterocycles. The molecule has 2 aromatic rings. The van der Waals surface area contributed by atoms with Crippen molar-refractivity contribution in [1.29, 1.82) is 0 Å². The highest BCUT2D eigenvalue weighted by Crippen LogP contribution is 2.32. The van der Waals surface area contributed by atoms with E-state index in [4.69, 9.17) is 5.21 Å². The maximum absolute atomic E-state index is 13.0. The molecule has 0 saturated carbocycles. The smallest absolute Gasteiger partial charge is 0.369 e. The number of carbonyl (C=O) groups excluding carboxylic acids is 2. The number of amides is 3. The van der Waals surface area contributed by atoms with Gasteiger partial charge >= 0.3 is 12.2 Å². The summed E-state index contributed by atoms with van der Waals surface area (Å²) in [6, 6.07) is 9.98. The maximum Gasteiger partial charge on any atom is 0.416 e. The third-order valence-electron chi connectivity index (χ3n) is 5.52. The Bertz CT molecular complexity index is 1170. The lowest BCUT2D eigenvalue weighted by molar-refractivity contribution is -0.137. The number of urea groups is 1. The number of alkyl halides is 3. The summed E-state index contributed by atoms with van der Waals surface area (Å²) in [6.45, 7) is 0.878. The second-order valence-electron chi connectivity index (χ2n) is 7.98. The molecule has 2 aromatic carbocycles. The van der Waals surface area contributed by atoms with Crippen LogP contribution >= 0.6 is 0 Å². The summed E-state index contributed by atoms with van der Waals surface area (Å²) >= 11 is 0. The monoisotopic (exact) mass is 529 g/mol. The average Bonchev–Trinajstić information content (AvgIpc) is 2.86. The van der Waals surface area contributed by atoms with Gasteiger partial charge in [-0.1, -0.05) is 6.07 Å². The Balaban J connectivity index is 1.54. The zero-order valence-corrected chi connectivity index (χ0v) is 19.9. The summed E-state index contributed by atoms with van der Waals surface area (Å²) in [5.74, 6) is -0.564. The fourth-order valence-corrected chi connectivity index (χ4v) is 5.03. The lowest BCUT2D eigenvalue weighted by Gasteiger charge is -2.35. The van der Waals surface area contributed by atoms with Crippen LogP contribution in [0.15, 0.2) is 53.4 Å². The van der Waals surface area contributed by atoms with Gasteiger partial charge in [-0.3, -0.25) is 10.0 Å². The molecule has 0 atom stereocenters. The number of nitrogens with one attached hydrogen (secondary N) is 3. The molecule has 0 spiro atoms. The topological polar surface area (TPSA) is 131 Å². The molecule has 36 heavy (non-hydrogen) atoms. The van der Waals surface area contributed by atoms with E-state index < -0.39 is 33.7 Å². The van der Waals surface area contributed by atoms with Gasteiger partial charge in [0, 0.05) is 50.5 Å². The largest absolute Gasteiger partial charge is 0.416 e. The number of hydroxylamine groups is 1. The molecule has 196 valence electrons. The highest BCUT2D eigenvalue weighted by atomic mass is 32.2. The first kappa shape index (κ1) is 27.2. The Labute approximate surface area is 206 Å². The second kappa shape index (κ2) is 11.6. The van der Waals surface area contributed by atoms with E-state index >= 15 is 0 Å².